The lowest BCUT2D eigenvalue weighted by molar-refractivity contribution is 0.130. The van der Waals surface area contributed by atoms with Crippen molar-refractivity contribution in [3.05, 3.63) is 18.2 Å². The lowest BCUT2D eigenvalue weighted by atomic mass is 9.98. The van der Waals surface area contributed by atoms with E-state index in [1.54, 1.807) is 0 Å². The van der Waals surface area contributed by atoms with E-state index in [1.165, 1.54) is 44.3 Å². The first-order valence-electron chi connectivity index (χ1n) is 7.28. The van der Waals surface area contributed by atoms with Gasteiger partial charge >= 0.3 is 0 Å². The average Bonchev–Trinajstić information content (AvgIpc) is 2.80. The number of nitrogens with two attached hydrogens (primary N) is 1. The third-order valence-electron chi connectivity index (χ3n) is 3.81. The minimum Gasteiger partial charge on any atom is -0.336 e. The number of piperidine rings is 1. The van der Waals surface area contributed by atoms with Crippen LogP contribution in [-0.4, -0.2) is 33.6 Å². The highest BCUT2D eigenvalue weighted by Gasteiger charge is 2.22. The van der Waals surface area contributed by atoms with Crippen molar-refractivity contribution in [2.45, 2.75) is 58.2 Å². The van der Waals surface area contributed by atoms with Crippen molar-refractivity contribution in [1.82, 2.24) is 14.5 Å². The van der Waals surface area contributed by atoms with Crippen molar-refractivity contribution >= 4 is 0 Å². The van der Waals surface area contributed by atoms with E-state index < -0.39 is 0 Å². The highest BCUT2D eigenvalue weighted by atomic mass is 15.2. The normalized spacial score (nSPS) is 21.3. The summed E-state index contributed by atoms with van der Waals surface area (Å²) < 4.78 is 2.09. The molecule has 0 amide bonds. The smallest absolute Gasteiger partial charge is 0.0950 e. The minimum absolute atomic E-state index is 0.679. The molecule has 1 atom stereocenters. The Labute approximate surface area is 110 Å². The highest BCUT2D eigenvalue weighted by Crippen LogP contribution is 2.22. The predicted molar refractivity (Wildman–Crippen MR) is 74.2 cm³/mol. The zero-order valence-electron chi connectivity index (χ0n) is 11.5. The second kappa shape index (κ2) is 6.90. The molecule has 1 aliphatic heterocycles. The maximum atomic E-state index is 5.56. The summed E-state index contributed by atoms with van der Waals surface area (Å²) in [5.74, 6) is 0. The molecule has 0 aliphatic carbocycles. The molecule has 1 aromatic rings. The van der Waals surface area contributed by atoms with E-state index in [0.29, 0.717) is 6.54 Å². The molecule has 2 rings (SSSR count). The first-order valence-corrected chi connectivity index (χ1v) is 7.28. The SMILES string of the molecule is CCCC1CCCCN1Cc1cn(CCN)cn1. The van der Waals surface area contributed by atoms with Crippen LogP contribution in [0.25, 0.3) is 0 Å². The van der Waals surface area contributed by atoms with Crippen LogP contribution in [0.3, 0.4) is 0 Å². The molecule has 1 unspecified atom stereocenters. The first-order chi connectivity index (χ1) is 8.83. The number of aromatic nitrogens is 2. The van der Waals surface area contributed by atoms with Crippen molar-refractivity contribution in [3.63, 3.8) is 0 Å². The highest BCUT2D eigenvalue weighted by molar-refractivity contribution is 4.98. The zero-order valence-corrected chi connectivity index (χ0v) is 11.5. The topological polar surface area (TPSA) is 47.1 Å². The van der Waals surface area contributed by atoms with E-state index >= 15 is 0 Å². The number of nitrogens with zero attached hydrogens (tertiary/aromatic N) is 3. The number of rotatable bonds is 6. The maximum absolute atomic E-state index is 5.56. The van der Waals surface area contributed by atoms with Crippen LogP contribution >= 0.6 is 0 Å². The molecule has 1 saturated heterocycles. The van der Waals surface area contributed by atoms with Crippen LogP contribution in [-0.2, 0) is 13.1 Å². The van der Waals surface area contributed by atoms with Crippen LogP contribution in [0, 0.1) is 0 Å². The van der Waals surface area contributed by atoms with Crippen LogP contribution in [0.2, 0.25) is 0 Å². The minimum atomic E-state index is 0.679. The Kier molecular flexibility index (Phi) is 5.20. The van der Waals surface area contributed by atoms with Crippen LogP contribution < -0.4 is 5.73 Å². The molecule has 4 heteroatoms. The molecule has 1 aliphatic rings. The molecule has 1 fully saturated rings. The van der Waals surface area contributed by atoms with E-state index in [0.717, 1.165) is 19.1 Å². The molecule has 2 heterocycles. The summed E-state index contributed by atoms with van der Waals surface area (Å²) in [6.45, 7) is 6.06. The van der Waals surface area contributed by atoms with Gasteiger partial charge in [0.05, 0.1) is 12.0 Å². The van der Waals surface area contributed by atoms with E-state index in [-0.39, 0.29) is 0 Å². The van der Waals surface area contributed by atoms with Gasteiger partial charge in [-0.15, -0.1) is 0 Å². The summed E-state index contributed by atoms with van der Waals surface area (Å²) >= 11 is 0. The van der Waals surface area contributed by atoms with Gasteiger partial charge in [0.1, 0.15) is 0 Å². The Balaban J connectivity index is 1.92. The molecule has 4 nitrogen and oxygen atoms in total. The fourth-order valence-corrected chi connectivity index (χ4v) is 2.90. The van der Waals surface area contributed by atoms with Gasteiger partial charge in [-0.2, -0.15) is 0 Å². The van der Waals surface area contributed by atoms with E-state index in [9.17, 15) is 0 Å². The molecule has 102 valence electrons. The maximum Gasteiger partial charge on any atom is 0.0950 e. The van der Waals surface area contributed by atoms with Gasteiger partial charge in [-0.1, -0.05) is 19.8 Å². The molecule has 1 aromatic heterocycles. The largest absolute Gasteiger partial charge is 0.336 e. The summed E-state index contributed by atoms with van der Waals surface area (Å²) in [6, 6.07) is 0.767. The Bertz CT molecular complexity index is 345. The Morgan fingerprint density at radius 2 is 2.33 bits per heavy atom. The molecule has 0 spiro atoms. The van der Waals surface area contributed by atoms with Crippen LogP contribution in [0.1, 0.15) is 44.7 Å². The number of imidazole rings is 1. The summed E-state index contributed by atoms with van der Waals surface area (Å²) in [5, 5.41) is 0. The fourth-order valence-electron chi connectivity index (χ4n) is 2.90. The van der Waals surface area contributed by atoms with Crippen molar-refractivity contribution in [3.8, 4) is 0 Å². The standard InChI is InChI=1S/C14H26N4/c1-2-5-14-6-3-4-8-18(14)11-13-10-17(9-7-15)12-16-13/h10,12,14H,2-9,11,15H2,1H3. The van der Waals surface area contributed by atoms with E-state index in [1.807, 2.05) is 6.33 Å². The Morgan fingerprint density at radius 3 is 3.11 bits per heavy atom. The molecule has 0 bridgehead atoms. The number of hydrogen-bond acceptors (Lipinski definition) is 3. The summed E-state index contributed by atoms with van der Waals surface area (Å²) in [5.41, 5.74) is 6.74. The second-order valence-electron chi connectivity index (χ2n) is 5.30. The summed E-state index contributed by atoms with van der Waals surface area (Å²) in [7, 11) is 0. The quantitative estimate of drug-likeness (QED) is 0.840. The van der Waals surface area contributed by atoms with Crippen molar-refractivity contribution in [2.24, 2.45) is 5.73 Å². The van der Waals surface area contributed by atoms with Gasteiger partial charge in [-0.25, -0.2) is 4.98 Å². The molecular formula is C14H26N4. The van der Waals surface area contributed by atoms with Gasteiger partial charge in [0.15, 0.2) is 0 Å². The number of hydrogen-bond donors (Lipinski definition) is 1. The van der Waals surface area contributed by atoms with Crippen LogP contribution in [0.15, 0.2) is 12.5 Å². The average molecular weight is 250 g/mol. The van der Waals surface area contributed by atoms with Gasteiger partial charge in [0.25, 0.3) is 0 Å². The van der Waals surface area contributed by atoms with E-state index in [2.05, 4.69) is 27.6 Å². The third-order valence-corrected chi connectivity index (χ3v) is 3.81. The van der Waals surface area contributed by atoms with Crippen LogP contribution in [0.4, 0.5) is 0 Å². The van der Waals surface area contributed by atoms with Crippen molar-refractivity contribution in [2.75, 3.05) is 13.1 Å². The second-order valence-corrected chi connectivity index (χ2v) is 5.30. The zero-order chi connectivity index (χ0) is 12.8. The Morgan fingerprint density at radius 1 is 1.44 bits per heavy atom. The summed E-state index contributed by atoms with van der Waals surface area (Å²) in [6.07, 6.45) is 10.7. The molecular weight excluding hydrogens is 224 g/mol. The third kappa shape index (κ3) is 3.56. The predicted octanol–water partition coefficient (Wildman–Crippen LogP) is 2.00. The van der Waals surface area contributed by atoms with Gasteiger partial charge in [-0.05, 0) is 25.8 Å². The number of likely N-dealkylation sites (tertiary alicyclic amines) is 1. The van der Waals surface area contributed by atoms with Gasteiger partial charge < -0.3 is 10.3 Å². The first kappa shape index (κ1) is 13.6. The molecule has 18 heavy (non-hydrogen) atoms. The van der Waals surface area contributed by atoms with Crippen LogP contribution in [0.5, 0.6) is 0 Å². The monoisotopic (exact) mass is 250 g/mol. The summed E-state index contributed by atoms with van der Waals surface area (Å²) in [4.78, 5) is 7.10. The lowest BCUT2D eigenvalue weighted by Gasteiger charge is -2.35. The molecule has 2 N–H and O–H groups in total. The molecule has 0 saturated carbocycles. The Hall–Kier alpha value is -0.870. The van der Waals surface area contributed by atoms with Crippen molar-refractivity contribution in [1.29, 1.82) is 0 Å². The van der Waals surface area contributed by atoms with Crippen molar-refractivity contribution < 1.29 is 0 Å². The van der Waals surface area contributed by atoms with E-state index in [4.69, 9.17) is 5.73 Å². The van der Waals surface area contributed by atoms with Gasteiger partial charge in [0.2, 0.25) is 0 Å². The van der Waals surface area contributed by atoms with Gasteiger partial charge in [-0.3, -0.25) is 4.90 Å². The molecule has 0 radical (unpaired) electrons. The fraction of sp³-hybridized carbons (Fsp3) is 0.786. The van der Waals surface area contributed by atoms with Gasteiger partial charge in [0, 0.05) is 31.9 Å². The molecule has 0 aromatic carbocycles. The lowest BCUT2D eigenvalue weighted by Crippen LogP contribution is -2.38.